The molecule has 0 heterocycles. The van der Waals surface area contributed by atoms with Crippen LogP contribution in [0.15, 0.2) is 66.8 Å². The monoisotopic (exact) mass is 237 g/mol. The Bertz CT molecular complexity index is 606. The van der Waals surface area contributed by atoms with Gasteiger partial charge in [-0.05, 0) is 18.4 Å². The first-order valence-electron chi connectivity index (χ1n) is 5.89. The normalized spacial score (nSPS) is 11.4. The van der Waals surface area contributed by atoms with Crippen molar-refractivity contribution in [1.82, 2.24) is 0 Å². The molecule has 0 aromatic heterocycles. The number of amides is 1. The molecule has 0 fully saturated rings. The van der Waals surface area contributed by atoms with Crippen LogP contribution in [0.5, 0.6) is 0 Å². The van der Waals surface area contributed by atoms with E-state index in [4.69, 9.17) is 0 Å². The minimum absolute atomic E-state index is 0.121. The zero-order chi connectivity index (χ0) is 12.8. The quantitative estimate of drug-likeness (QED) is 0.636. The maximum atomic E-state index is 11.7. The van der Waals surface area contributed by atoms with Gasteiger partial charge in [0.15, 0.2) is 0 Å². The molecule has 1 N–H and O–H groups in total. The van der Waals surface area contributed by atoms with Crippen molar-refractivity contribution in [3.8, 4) is 0 Å². The Kier molecular flexibility index (Phi) is 3.92. The van der Waals surface area contributed by atoms with Crippen molar-refractivity contribution in [2.75, 3.05) is 5.32 Å². The van der Waals surface area contributed by atoms with Gasteiger partial charge in [0.25, 0.3) is 0 Å². The van der Waals surface area contributed by atoms with E-state index in [1.807, 2.05) is 61.5 Å². The number of hydrogen-bond donors (Lipinski definition) is 1. The summed E-state index contributed by atoms with van der Waals surface area (Å²) in [5.74, 6) is -0.121. The van der Waals surface area contributed by atoms with Gasteiger partial charge < -0.3 is 5.32 Å². The van der Waals surface area contributed by atoms with Gasteiger partial charge in [0.1, 0.15) is 0 Å². The van der Waals surface area contributed by atoms with E-state index >= 15 is 0 Å². The van der Waals surface area contributed by atoms with Gasteiger partial charge >= 0.3 is 0 Å². The first kappa shape index (κ1) is 12.1. The third-order valence-electron chi connectivity index (χ3n) is 2.60. The van der Waals surface area contributed by atoms with Gasteiger partial charge in [-0.25, -0.2) is 0 Å². The molecule has 0 aliphatic carbocycles. The van der Waals surface area contributed by atoms with E-state index < -0.39 is 0 Å². The van der Waals surface area contributed by atoms with Gasteiger partial charge in [0.2, 0.25) is 5.91 Å². The molecule has 2 rings (SSSR count). The fourth-order valence-electron chi connectivity index (χ4n) is 1.76. The minimum atomic E-state index is -0.121. The molecule has 2 heteroatoms. The van der Waals surface area contributed by atoms with Gasteiger partial charge in [-0.3, -0.25) is 4.79 Å². The summed E-state index contributed by atoms with van der Waals surface area (Å²) in [6.07, 6.45) is 6.94. The SMILES string of the molecule is C/C=C/C=C/C(=O)Nc1cccc2ccccc12. The molecule has 0 aliphatic rings. The molecule has 0 radical (unpaired) electrons. The number of benzene rings is 2. The molecule has 2 nitrogen and oxygen atoms in total. The predicted molar refractivity (Wildman–Crippen MR) is 76.5 cm³/mol. The highest BCUT2D eigenvalue weighted by molar-refractivity contribution is 6.06. The van der Waals surface area contributed by atoms with Gasteiger partial charge in [0, 0.05) is 17.1 Å². The van der Waals surface area contributed by atoms with Gasteiger partial charge in [0.05, 0.1) is 0 Å². The smallest absolute Gasteiger partial charge is 0.248 e. The van der Waals surface area contributed by atoms with E-state index in [-0.39, 0.29) is 5.91 Å². The Morgan fingerprint density at radius 1 is 1.06 bits per heavy atom. The number of carbonyl (C=O) groups is 1. The second-order valence-electron chi connectivity index (χ2n) is 3.90. The molecule has 0 aliphatic heterocycles. The first-order chi connectivity index (χ1) is 8.81. The van der Waals surface area contributed by atoms with Crippen LogP contribution >= 0.6 is 0 Å². The molecule has 90 valence electrons. The molecule has 0 saturated heterocycles. The number of nitrogens with one attached hydrogen (secondary N) is 1. The highest BCUT2D eigenvalue weighted by Crippen LogP contribution is 2.22. The van der Waals surface area contributed by atoms with Crippen molar-refractivity contribution in [3.63, 3.8) is 0 Å². The van der Waals surface area contributed by atoms with Crippen LogP contribution < -0.4 is 5.32 Å². The Hall–Kier alpha value is -2.35. The topological polar surface area (TPSA) is 29.1 Å². The number of fused-ring (bicyclic) bond motifs is 1. The van der Waals surface area contributed by atoms with Crippen molar-refractivity contribution >= 4 is 22.4 Å². The van der Waals surface area contributed by atoms with Crippen LogP contribution in [-0.2, 0) is 4.79 Å². The van der Waals surface area contributed by atoms with Crippen LogP contribution in [0.3, 0.4) is 0 Å². The summed E-state index contributed by atoms with van der Waals surface area (Å²) in [7, 11) is 0. The standard InChI is InChI=1S/C16H15NO/c1-2-3-4-12-16(18)17-15-11-7-9-13-8-5-6-10-14(13)15/h2-12H,1H3,(H,17,18)/b3-2+,12-4+. The first-order valence-corrected chi connectivity index (χ1v) is 5.89. The third kappa shape index (κ3) is 2.86. The van der Waals surface area contributed by atoms with E-state index in [9.17, 15) is 4.79 Å². The fourth-order valence-corrected chi connectivity index (χ4v) is 1.76. The lowest BCUT2D eigenvalue weighted by Gasteiger charge is -2.06. The highest BCUT2D eigenvalue weighted by Gasteiger charge is 2.01. The molecule has 2 aromatic carbocycles. The van der Waals surface area contributed by atoms with E-state index in [0.717, 1.165) is 16.5 Å². The Morgan fingerprint density at radius 2 is 1.83 bits per heavy atom. The Labute approximate surface area is 107 Å². The Balaban J connectivity index is 2.24. The van der Waals surface area contributed by atoms with Crippen molar-refractivity contribution in [3.05, 3.63) is 66.8 Å². The van der Waals surface area contributed by atoms with Crippen molar-refractivity contribution < 1.29 is 4.79 Å². The summed E-state index contributed by atoms with van der Waals surface area (Å²) in [4.78, 5) is 11.7. The number of rotatable bonds is 3. The minimum Gasteiger partial charge on any atom is -0.322 e. The van der Waals surface area contributed by atoms with Crippen molar-refractivity contribution in [2.45, 2.75) is 6.92 Å². The second-order valence-corrected chi connectivity index (χ2v) is 3.90. The summed E-state index contributed by atoms with van der Waals surface area (Å²) in [5.41, 5.74) is 0.836. The third-order valence-corrected chi connectivity index (χ3v) is 2.60. The lowest BCUT2D eigenvalue weighted by molar-refractivity contribution is -0.111. The van der Waals surface area contributed by atoms with Crippen LogP contribution in [0.25, 0.3) is 10.8 Å². The summed E-state index contributed by atoms with van der Waals surface area (Å²) in [6, 6.07) is 13.9. The van der Waals surface area contributed by atoms with E-state index in [1.54, 1.807) is 6.08 Å². The van der Waals surface area contributed by atoms with Gasteiger partial charge in [-0.1, -0.05) is 54.6 Å². The van der Waals surface area contributed by atoms with Crippen LogP contribution in [0.2, 0.25) is 0 Å². The molecule has 1 amide bonds. The molecule has 18 heavy (non-hydrogen) atoms. The number of allylic oxidation sites excluding steroid dienone is 3. The predicted octanol–water partition coefficient (Wildman–Crippen LogP) is 3.91. The maximum absolute atomic E-state index is 11.7. The van der Waals surface area contributed by atoms with E-state index in [0.29, 0.717) is 0 Å². The molecule has 0 unspecified atom stereocenters. The zero-order valence-electron chi connectivity index (χ0n) is 10.3. The largest absolute Gasteiger partial charge is 0.322 e. The maximum Gasteiger partial charge on any atom is 0.248 e. The van der Waals surface area contributed by atoms with Crippen LogP contribution in [0.1, 0.15) is 6.92 Å². The summed E-state index contributed by atoms with van der Waals surface area (Å²) >= 11 is 0. The van der Waals surface area contributed by atoms with E-state index in [1.165, 1.54) is 6.08 Å². The summed E-state index contributed by atoms with van der Waals surface area (Å²) in [6.45, 7) is 1.91. The van der Waals surface area contributed by atoms with Crippen LogP contribution in [-0.4, -0.2) is 5.91 Å². The molecule has 0 spiro atoms. The van der Waals surface area contributed by atoms with Gasteiger partial charge in [-0.2, -0.15) is 0 Å². The highest BCUT2D eigenvalue weighted by atomic mass is 16.1. The molecule has 0 saturated carbocycles. The van der Waals surface area contributed by atoms with Crippen molar-refractivity contribution in [2.24, 2.45) is 0 Å². The zero-order valence-corrected chi connectivity index (χ0v) is 10.3. The lowest BCUT2D eigenvalue weighted by atomic mass is 10.1. The van der Waals surface area contributed by atoms with Crippen molar-refractivity contribution in [1.29, 1.82) is 0 Å². The Morgan fingerprint density at radius 3 is 2.67 bits per heavy atom. The van der Waals surface area contributed by atoms with Gasteiger partial charge in [-0.15, -0.1) is 0 Å². The molecule has 2 aromatic rings. The average molecular weight is 237 g/mol. The number of anilines is 1. The summed E-state index contributed by atoms with van der Waals surface area (Å²) < 4.78 is 0. The second kappa shape index (κ2) is 5.82. The molecular formula is C16H15NO. The fraction of sp³-hybridized carbons (Fsp3) is 0.0625. The molecule has 0 atom stereocenters. The molecule has 0 bridgehead atoms. The summed E-state index contributed by atoms with van der Waals surface area (Å²) in [5, 5.41) is 5.05. The lowest BCUT2D eigenvalue weighted by Crippen LogP contribution is -2.07. The average Bonchev–Trinajstić information content (AvgIpc) is 2.39. The van der Waals surface area contributed by atoms with Crippen LogP contribution in [0, 0.1) is 0 Å². The number of carbonyl (C=O) groups excluding carboxylic acids is 1. The molecular weight excluding hydrogens is 222 g/mol. The van der Waals surface area contributed by atoms with E-state index in [2.05, 4.69) is 5.32 Å². The van der Waals surface area contributed by atoms with Crippen LogP contribution in [0.4, 0.5) is 5.69 Å². The number of hydrogen-bond acceptors (Lipinski definition) is 1.